The van der Waals surface area contributed by atoms with Crippen molar-refractivity contribution in [2.24, 2.45) is 0 Å². The van der Waals surface area contributed by atoms with E-state index >= 15 is 0 Å². The minimum absolute atomic E-state index is 0.0472. The number of benzene rings is 1. The summed E-state index contributed by atoms with van der Waals surface area (Å²) in [5.74, 6) is 1.42. The number of carbonyl (C=O) groups is 1. The largest absolute Gasteiger partial charge is 0.502 e. The number of nitrogens with one attached hydrogen (secondary N) is 2. The molecule has 0 spiro atoms. The first kappa shape index (κ1) is 14.6. The normalized spacial score (nSPS) is 17.4. The summed E-state index contributed by atoms with van der Waals surface area (Å²) in [6.45, 7) is 0. The molecule has 1 amide bonds. The zero-order chi connectivity index (χ0) is 15.7. The number of aromatic nitrogens is 2. The Morgan fingerprint density at radius 3 is 2.64 bits per heavy atom. The summed E-state index contributed by atoms with van der Waals surface area (Å²) >= 11 is 1.47. The van der Waals surface area contributed by atoms with Crippen LogP contribution in [-0.4, -0.2) is 41.2 Å². The average molecular weight is 321 g/mol. The minimum Gasteiger partial charge on any atom is -0.502 e. The second-order valence-electron chi connectivity index (χ2n) is 4.71. The number of methoxy groups -OCH3 is 2. The van der Waals surface area contributed by atoms with Crippen LogP contribution in [0.25, 0.3) is 0 Å². The molecule has 1 atom stereocenters. The molecule has 1 aliphatic heterocycles. The molecule has 0 saturated carbocycles. The number of amides is 1. The first-order valence-electron chi connectivity index (χ1n) is 6.53. The van der Waals surface area contributed by atoms with Crippen LogP contribution in [0.3, 0.4) is 0 Å². The third kappa shape index (κ3) is 2.45. The second kappa shape index (κ2) is 5.80. The van der Waals surface area contributed by atoms with Gasteiger partial charge in [-0.15, -0.1) is 11.8 Å². The summed E-state index contributed by atoms with van der Waals surface area (Å²) < 4.78 is 10.4. The standard InChI is InChI=1S/C14H15N3O4S/c1-20-9-3-7(4-10(21-2)12(9)19)13-8-5-15-17-14(8)16-11(18)6-22-13/h3-5,13,19H,6H2,1-2H3,(H2,15,16,17,18)/t13-/m1/s1. The van der Waals surface area contributed by atoms with Crippen LogP contribution >= 0.6 is 11.8 Å². The molecule has 3 rings (SSSR count). The summed E-state index contributed by atoms with van der Waals surface area (Å²) in [5, 5.41) is 19.5. The number of aromatic hydroxyl groups is 1. The summed E-state index contributed by atoms with van der Waals surface area (Å²) in [7, 11) is 2.96. The number of hydrogen-bond acceptors (Lipinski definition) is 6. The quantitative estimate of drug-likeness (QED) is 0.799. The lowest BCUT2D eigenvalue weighted by Crippen LogP contribution is -2.12. The Bertz CT molecular complexity index is 691. The van der Waals surface area contributed by atoms with Gasteiger partial charge in [-0.05, 0) is 17.7 Å². The monoisotopic (exact) mass is 321 g/mol. The molecule has 116 valence electrons. The van der Waals surface area contributed by atoms with Crippen molar-refractivity contribution >= 4 is 23.5 Å². The van der Waals surface area contributed by atoms with Gasteiger partial charge < -0.3 is 19.9 Å². The first-order valence-corrected chi connectivity index (χ1v) is 7.58. The van der Waals surface area contributed by atoms with Gasteiger partial charge in [-0.3, -0.25) is 9.89 Å². The van der Waals surface area contributed by atoms with Crippen LogP contribution in [0.1, 0.15) is 16.4 Å². The predicted octanol–water partition coefficient (Wildman–Crippen LogP) is 1.91. The molecule has 0 fully saturated rings. The molecule has 0 bridgehead atoms. The van der Waals surface area contributed by atoms with Gasteiger partial charge in [0.1, 0.15) is 5.82 Å². The number of hydrogen-bond donors (Lipinski definition) is 3. The number of phenols is 1. The molecule has 0 saturated heterocycles. The van der Waals surface area contributed by atoms with Crippen molar-refractivity contribution in [1.29, 1.82) is 0 Å². The molecule has 2 aromatic rings. The third-order valence-corrected chi connectivity index (χ3v) is 4.69. The fourth-order valence-electron chi connectivity index (χ4n) is 2.36. The number of ether oxygens (including phenoxy) is 2. The lowest BCUT2D eigenvalue weighted by atomic mass is 10.1. The van der Waals surface area contributed by atoms with Crippen LogP contribution in [0.5, 0.6) is 17.2 Å². The van der Waals surface area contributed by atoms with E-state index in [1.54, 1.807) is 18.3 Å². The maximum atomic E-state index is 11.8. The van der Waals surface area contributed by atoms with Gasteiger partial charge in [0.15, 0.2) is 11.5 Å². The van der Waals surface area contributed by atoms with Gasteiger partial charge in [-0.1, -0.05) is 0 Å². The van der Waals surface area contributed by atoms with Crippen molar-refractivity contribution in [2.75, 3.05) is 25.3 Å². The molecule has 8 heteroatoms. The van der Waals surface area contributed by atoms with Crippen molar-refractivity contribution < 1.29 is 19.4 Å². The molecule has 3 N–H and O–H groups in total. The first-order chi connectivity index (χ1) is 10.6. The highest BCUT2D eigenvalue weighted by Crippen LogP contribution is 2.46. The van der Waals surface area contributed by atoms with E-state index in [4.69, 9.17) is 9.47 Å². The Balaban J connectivity index is 2.09. The van der Waals surface area contributed by atoms with Gasteiger partial charge in [0.2, 0.25) is 11.7 Å². The fraction of sp³-hybridized carbons (Fsp3) is 0.286. The number of carbonyl (C=O) groups excluding carboxylic acids is 1. The number of anilines is 1. The predicted molar refractivity (Wildman–Crippen MR) is 82.7 cm³/mol. The second-order valence-corrected chi connectivity index (χ2v) is 5.81. The van der Waals surface area contributed by atoms with E-state index in [1.807, 2.05) is 0 Å². The Labute approximate surface area is 131 Å². The lowest BCUT2D eigenvalue weighted by Gasteiger charge is -2.17. The van der Waals surface area contributed by atoms with E-state index in [0.29, 0.717) is 23.1 Å². The SMILES string of the molecule is COc1cc([C@H]2SCC(=O)Nc3[nH]ncc32)cc(OC)c1O. The number of thioether (sulfide) groups is 1. The third-order valence-electron chi connectivity index (χ3n) is 3.40. The molecule has 1 aliphatic rings. The number of phenolic OH excluding ortho intramolecular Hbond substituents is 1. The number of rotatable bonds is 3. The number of H-pyrrole nitrogens is 1. The molecular formula is C14H15N3O4S. The van der Waals surface area contributed by atoms with Gasteiger partial charge in [0.25, 0.3) is 0 Å². The van der Waals surface area contributed by atoms with E-state index in [9.17, 15) is 9.90 Å². The molecule has 2 heterocycles. The smallest absolute Gasteiger partial charge is 0.235 e. The van der Waals surface area contributed by atoms with Crippen molar-refractivity contribution in [3.8, 4) is 17.2 Å². The Morgan fingerprint density at radius 1 is 1.32 bits per heavy atom. The molecule has 1 aromatic heterocycles. The van der Waals surface area contributed by atoms with Crippen LogP contribution in [0.4, 0.5) is 5.82 Å². The number of aromatic amines is 1. The van der Waals surface area contributed by atoms with E-state index in [-0.39, 0.29) is 16.9 Å². The summed E-state index contributed by atoms with van der Waals surface area (Å²) in [6, 6.07) is 3.48. The Morgan fingerprint density at radius 2 is 2.00 bits per heavy atom. The number of nitrogens with zero attached hydrogens (tertiary/aromatic N) is 1. The zero-order valence-electron chi connectivity index (χ0n) is 12.0. The van der Waals surface area contributed by atoms with Crippen LogP contribution in [0.2, 0.25) is 0 Å². The van der Waals surface area contributed by atoms with Crippen LogP contribution in [0.15, 0.2) is 18.3 Å². The van der Waals surface area contributed by atoms with E-state index in [2.05, 4.69) is 15.5 Å². The molecular weight excluding hydrogens is 306 g/mol. The Hall–Kier alpha value is -2.35. The zero-order valence-corrected chi connectivity index (χ0v) is 12.9. The minimum atomic E-state index is -0.129. The highest BCUT2D eigenvalue weighted by atomic mass is 32.2. The molecule has 7 nitrogen and oxygen atoms in total. The summed E-state index contributed by atoms with van der Waals surface area (Å²) in [6.07, 6.45) is 1.68. The maximum Gasteiger partial charge on any atom is 0.235 e. The van der Waals surface area contributed by atoms with Crippen molar-refractivity contribution in [1.82, 2.24) is 10.2 Å². The van der Waals surface area contributed by atoms with Gasteiger partial charge in [-0.2, -0.15) is 5.10 Å². The van der Waals surface area contributed by atoms with Crippen molar-refractivity contribution in [3.05, 3.63) is 29.5 Å². The van der Waals surface area contributed by atoms with Gasteiger partial charge in [0, 0.05) is 5.56 Å². The van der Waals surface area contributed by atoms with Gasteiger partial charge in [0.05, 0.1) is 31.4 Å². The van der Waals surface area contributed by atoms with Crippen LogP contribution in [-0.2, 0) is 4.79 Å². The Kier molecular flexibility index (Phi) is 3.84. The fourth-order valence-corrected chi connectivity index (χ4v) is 3.44. The topological polar surface area (TPSA) is 96.5 Å². The molecule has 0 aliphatic carbocycles. The molecule has 1 aromatic carbocycles. The van der Waals surface area contributed by atoms with Crippen molar-refractivity contribution in [3.63, 3.8) is 0 Å². The van der Waals surface area contributed by atoms with Crippen LogP contribution in [0, 0.1) is 0 Å². The van der Waals surface area contributed by atoms with Gasteiger partial charge >= 0.3 is 0 Å². The van der Waals surface area contributed by atoms with E-state index in [1.165, 1.54) is 26.0 Å². The lowest BCUT2D eigenvalue weighted by molar-refractivity contribution is -0.113. The number of fused-ring (bicyclic) bond motifs is 1. The summed E-state index contributed by atoms with van der Waals surface area (Å²) in [4.78, 5) is 11.8. The maximum absolute atomic E-state index is 11.8. The summed E-state index contributed by atoms with van der Waals surface area (Å²) in [5.41, 5.74) is 1.72. The van der Waals surface area contributed by atoms with Crippen LogP contribution < -0.4 is 14.8 Å². The van der Waals surface area contributed by atoms with E-state index in [0.717, 1.165) is 11.1 Å². The average Bonchev–Trinajstić information content (AvgIpc) is 2.90. The highest BCUT2D eigenvalue weighted by molar-refractivity contribution is 8.00. The molecule has 0 unspecified atom stereocenters. The van der Waals surface area contributed by atoms with Crippen molar-refractivity contribution in [2.45, 2.75) is 5.25 Å². The van der Waals surface area contributed by atoms with E-state index < -0.39 is 0 Å². The molecule has 22 heavy (non-hydrogen) atoms. The van der Waals surface area contributed by atoms with Gasteiger partial charge in [-0.25, -0.2) is 0 Å². The molecule has 0 radical (unpaired) electrons. The highest BCUT2D eigenvalue weighted by Gasteiger charge is 2.27.